The molecule has 2 aromatic carbocycles. The summed E-state index contributed by atoms with van der Waals surface area (Å²) in [5, 5.41) is 11.6. The fraction of sp³-hybridized carbons (Fsp3) is 0.261. The zero-order valence-corrected chi connectivity index (χ0v) is 19.3. The molecule has 0 saturated heterocycles. The second-order valence-electron chi connectivity index (χ2n) is 7.05. The first-order valence-electron chi connectivity index (χ1n) is 10.0. The molecule has 162 valence electrons. The zero-order valence-electron chi connectivity index (χ0n) is 17.7. The minimum Gasteiger partial charge on any atom is -0.326 e. The average molecular weight is 458 g/mol. The Morgan fingerprint density at radius 1 is 1.10 bits per heavy atom. The lowest BCUT2D eigenvalue weighted by molar-refractivity contribution is 0.0977. The van der Waals surface area contributed by atoms with Gasteiger partial charge in [-0.3, -0.25) is 19.8 Å². The number of aryl methyl sites for hydroxylation is 2. The predicted molar refractivity (Wildman–Crippen MR) is 127 cm³/mol. The van der Waals surface area contributed by atoms with Crippen molar-refractivity contribution < 1.29 is 4.79 Å². The summed E-state index contributed by atoms with van der Waals surface area (Å²) >= 11 is 12.1. The highest BCUT2D eigenvalue weighted by Gasteiger charge is 2.12. The van der Waals surface area contributed by atoms with E-state index in [9.17, 15) is 4.79 Å². The Bertz CT molecular complexity index is 1110. The molecule has 0 aliphatic carbocycles. The largest absolute Gasteiger partial charge is 0.326 e. The highest BCUT2D eigenvalue weighted by atomic mass is 35.5. The molecule has 6 nitrogen and oxygen atoms in total. The highest BCUT2D eigenvalue weighted by molar-refractivity contribution is 6.31. The molecule has 31 heavy (non-hydrogen) atoms. The van der Waals surface area contributed by atoms with E-state index in [2.05, 4.69) is 34.6 Å². The number of halogens is 2. The van der Waals surface area contributed by atoms with Crippen LogP contribution >= 0.6 is 23.2 Å². The molecule has 2 N–H and O–H groups in total. The Labute approximate surface area is 192 Å². The van der Waals surface area contributed by atoms with Gasteiger partial charge in [0.25, 0.3) is 5.91 Å². The maximum atomic E-state index is 12.7. The summed E-state index contributed by atoms with van der Waals surface area (Å²) in [4.78, 5) is 17.3. The molecule has 1 heterocycles. The SMILES string of the molecule is CCn1nc(C)c(CCN=C(NC(=O)c2cccc(Cl)c2)Nc2cccc(Cl)c2)c1C. The summed E-state index contributed by atoms with van der Waals surface area (Å²) < 4.78 is 1.99. The molecule has 8 heteroatoms. The van der Waals surface area contributed by atoms with Crippen molar-refractivity contribution in [3.05, 3.63) is 81.1 Å². The van der Waals surface area contributed by atoms with Crippen LogP contribution in [0.5, 0.6) is 0 Å². The van der Waals surface area contributed by atoms with Crippen LogP contribution in [0, 0.1) is 13.8 Å². The van der Waals surface area contributed by atoms with Crippen LogP contribution in [0.15, 0.2) is 53.5 Å². The number of nitrogens with one attached hydrogen (secondary N) is 2. The molecule has 1 aromatic heterocycles. The van der Waals surface area contributed by atoms with Crippen molar-refractivity contribution in [1.82, 2.24) is 15.1 Å². The molecule has 0 saturated carbocycles. The van der Waals surface area contributed by atoms with Gasteiger partial charge < -0.3 is 5.32 Å². The van der Waals surface area contributed by atoms with Crippen LogP contribution in [0.1, 0.15) is 34.2 Å². The van der Waals surface area contributed by atoms with E-state index in [1.807, 2.05) is 23.7 Å². The zero-order chi connectivity index (χ0) is 22.4. The van der Waals surface area contributed by atoms with E-state index in [-0.39, 0.29) is 5.91 Å². The molecule has 3 rings (SSSR count). The summed E-state index contributed by atoms with van der Waals surface area (Å²) in [5.41, 5.74) is 4.49. The average Bonchev–Trinajstić information content (AvgIpc) is 3.01. The van der Waals surface area contributed by atoms with Gasteiger partial charge in [-0.15, -0.1) is 0 Å². The quantitative estimate of drug-likeness (QED) is 0.391. The standard InChI is InChI=1S/C23H25Cl2N5O/c1-4-30-16(3)21(15(2)29-30)11-12-26-23(27-20-10-6-9-19(25)14-20)28-22(31)17-7-5-8-18(24)13-17/h5-10,13-14H,4,11-12H2,1-3H3,(H2,26,27,28,31). The van der Waals surface area contributed by atoms with Gasteiger partial charge in [0.1, 0.15) is 0 Å². The van der Waals surface area contributed by atoms with Crippen molar-refractivity contribution in [2.24, 2.45) is 4.99 Å². The number of guanidine groups is 1. The first-order valence-corrected chi connectivity index (χ1v) is 10.8. The number of aromatic nitrogens is 2. The third kappa shape index (κ3) is 6.09. The van der Waals surface area contributed by atoms with E-state index in [0.717, 1.165) is 23.6 Å². The Hall–Kier alpha value is -2.83. The normalized spacial score (nSPS) is 11.5. The molecule has 0 fully saturated rings. The van der Waals surface area contributed by atoms with Crippen LogP contribution in [0.2, 0.25) is 10.0 Å². The van der Waals surface area contributed by atoms with E-state index in [0.29, 0.717) is 34.5 Å². The molecule has 0 spiro atoms. The second kappa shape index (κ2) is 10.5. The van der Waals surface area contributed by atoms with Gasteiger partial charge in [0, 0.05) is 40.1 Å². The van der Waals surface area contributed by atoms with Gasteiger partial charge in [-0.2, -0.15) is 5.10 Å². The topological polar surface area (TPSA) is 71.3 Å². The number of nitrogens with zero attached hydrogens (tertiary/aromatic N) is 3. The van der Waals surface area contributed by atoms with Crippen LogP contribution in [0.3, 0.4) is 0 Å². The van der Waals surface area contributed by atoms with Gasteiger partial charge in [0.2, 0.25) is 5.96 Å². The molecule has 0 radical (unpaired) electrons. The lowest BCUT2D eigenvalue weighted by Gasteiger charge is -2.12. The first-order chi connectivity index (χ1) is 14.9. The number of benzene rings is 2. The smallest absolute Gasteiger partial charge is 0.258 e. The minimum absolute atomic E-state index is 0.304. The molecule has 0 aliphatic rings. The molecule has 1 amide bonds. The molecular weight excluding hydrogens is 433 g/mol. The summed E-state index contributed by atoms with van der Waals surface area (Å²) in [6, 6.07) is 14.0. The number of anilines is 1. The molecule has 0 bridgehead atoms. The maximum Gasteiger partial charge on any atom is 0.258 e. The third-order valence-electron chi connectivity index (χ3n) is 4.87. The van der Waals surface area contributed by atoms with Crippen molar-refractivity contribution >= 4 is 40.8 Å². The summed E-state index contributed by atoms with van der Waals surface area (Å²) in [7, 11) is 0. The van der Waals surface area contributed by atoms with Crippen molar-refractivity contribution in [2.45, 2.75) is 33.7 Å². The fourth-order valence-corrected chi connectivity index (χ4v) is 3.69. The van der Waals surface area contributed by atoms with Crippen LogP contribution in [-0.2, 0) is 13.0 Å². The Morgan fingerprint density at radius 3 is 2.45 bits per heavy atom. The van der Waals surface area contributed by atoms with E-state index < -0.39 is 0 Å². The first kappa shape index (κ1) is 22.8. The summed E-state index contributed by atoms with van der Waals surface area (Å²) in [6.07, 6.45) is 0.714. The number of carbonyl (C=O) groups is 1. The predicted octanol–water partition coefficient (Wildman–Crippen LogP) is 5.27. The highest BCUT2D eigenvalue weighted by Crippen LogP contribution is 2.16. The Kier molecular flexibility index (Phi) is 7.71. The van der Waals surface area contributed by atoms with Gasteiger partial charge in [-0.25, -0.2) is 0 Å². The second-order valence-corrected chi connectivity index (χ2v) is 7.92. The van der Waals surface area contributed by atoms with E-state index in [1.54, 1.807) is 36.4 Å². The van der Waals surface area contributed by atoms with Gasteiger partial charge in [-0.1, -0.05) is 35.3 Å². The lowest BCUT2D eigenvalue weighted by atomic mass is 10.1. The van der Waals surface area contributed by atoms with Crippen molar-refractivity contribution in [1.29, 1.82) is 0 Å². The number of carbonyl (C=O) groups excluding carboxylic acids is 1. The number of hydrogen-bond donors (Lipinski definition) is 2. The fourth-order valence-electron chi connectivity index (χ4n) is 3.31. The maximum absolute atomic E-state index is 12.7. The number of amides is 1. The molecule has 0 atom stereocenters. The van der Waals surface area contributed by atoms with E-state index in [1.165, 1.54) is 5.56 Å². The van der Waals surface area contributed by atoms with E-state index in [4.69, 9.17) is 23.2 Å². The summed E-state index contributed by atoms with van der Waals surface area (Å²) in [5.74, 6) is 0.0346. The number of hydrogen-bond acceptors (Lipinski definition) is 3. The van der Waals surface area contributed by atoms with Crippen LogP contribution < -0.4 is 10.6 Å². The number of aliphatic imine (C=N–C) groups is 1. The van der Waals surface area contributed by atoms with Crippen LogP contribution in [0.4, 0.5) is 5.69 Å². The minimum atomic E-state index is -0.304. The molecule has 3 aromatic rings. The van der Waals surface area contributed by atoms with Crippen molar-refractivity contribution in [2.75, 3.05) is 11.9 Å². The van der Waals surface area contributed by atoms with Gasteiger partial charge >= 0.3 is 0 Å². The number of rotatable bonds is 6. The molecule has 0 aliphatic heterocycles. The van der Waals surface area contributed by atoms with Gasteiger partial charge in [0.15, 0.2) is 0 Å². The third-order valence-corrected chi connectivity index (χ3v) is 5.34. The lowest BCUT2D eigenvalue weighted by Crippen LogP contribution is -2.36. The van der Waals surface area contributed by atoms with E-state index >= 15 is 0 Å². The summed E-state index contributed by atoms with van der Waals surface area (Å²) in [6.45, 7) is 7.45. The molecule has 0 unspecified atom stereocenters. The van der Waals surface area contributed by atoms with Crippen LogP contribution in [-0.4, -0.2) is 28.2 Å². The van der Waals surface area contributed by atoms with Crippen molar-refractivity contribution in [3.63, 3.8) is 0 Å². The van der Waals surface area contributed by atoms with Crippen LogP contribution in [0.25, 0.3) is 0 Å². The van der Waals surface area contributed by atoms with Gasteiger partial charge in [-0.05, 0) is 69.2 Å². The molecular formula is C23H25Cl2N5O. The van der Waals surface area contributed by atoms with Crippen molar-refractivity contribution in [3.8, 4) is 0 Å². The Balaban J connectivity index is 1.79. The monoisotopic (exact) mass is 457 g/mol. The Morgan fingerprint density at radius 2 is 1.81 bits per heavy atom. The van der Waals surface area contributed by atoms with Gasteiger partial charge in [0.05, 0.1) is 5.69 Å².